The number of ether oxygens (including phenoxy) is 1. The van der Waals surface area contributed by atoms with E-state index in [0.717, 1.165) is 17.4 Å². The second-order valence-corrected chi connectivity index (χ2v) is 8.78. The minimum atomic E-state index is -1.33. The number of pyridine rings is 1. The molecule has 37 heavy (non-hydrogen) atoms. The monoisotopic (exact) mass is 507 g/mol. The Hall–Kier alpha value is -4.25. The highest BCUT2D eigenvalue weighted by atomic mass is 19.1. The molecule has 0 amide bonds. The lowest BCUT2D eigenvalue weighted by atomic mass is 10.1. The van der Waals surface area contributed by atoms with Crippen molar-refractivity contribution in [2.24, 2.45) is 0 Å². The molecule has 0 unspecified atom stereocenters. The molecule has 2 aromatic carbocycles. The molecule has 0 atom stereocenters. The van der Waals surface area contributed by atoms with E-state index in [2.05, 4.69) is 15.1 Å². The average molecular weight is 508 g/mol. The summed E-state index contributed by atoms with van der Waals surface area (Å²) in [6.07, 6.45) is 1.32. The predicted molar refractivity (Wildman–Crippen MR) is 135 cm³/mol. The lowest BCUT2D eigenvalue weighted by Gasteiger charge is -2.35. The molecule has 2 aromatic heterocycles. The second kappa shape index (κ2) is 10.0. The Bertz CT molecular complexity index is 1510. The molecule has 3 heterocycles. The number of fused-ring (bicyclic) bond motifs is 1. The van der Waals surface area contributed by atoms with Gasteiger partial charge in [0.05, 0.1) is 24.9 Å². The number of piperazine rings is 1. The molecule has 0 spiro atoms. The van der Waals surface area contributed by atoms with E-state index in [-0.39, 0.29) is 10.9 Å². The Morgan fingerprint density at radius 2 is 1.86 bits per heavy atom. The quantitative estimate of drug-likeness (QED) is 0.403. The molecule has 1 fully saturated rings. The van der Waals surface area contributed by atoms with Gasteiger partial charge in [-0.25, -0.2) is 9.18 Å². The highest BCUT2D eigenvalue weighted by Crippen LogP contribution is 2.27. The average Bonchev–Trinajstić information content (AvgIpc) is 3.38. The summed E-state index contributed by atoms with van der Waals surface area (Å²) in [5.74, 6) is -0.205. The maximum atomic E-state index is 15.1. The second-order valence-electron chi connectivity index (χ2n) is 8.78. The van der Waals surface area contributed by atoms with Gasteiger partial charge in [-0.2, -0.15) is 0 Å². The van der Waals surface area contributed by atoms with Crippen molar-refractivity contribution in [2.75, 3.05) is 38.2 Å². The van der Waals surface area contributed by atoms with Crippen LogP contribution in [0.5, 0.6) is 5.75 Å². The lowest BCUT2D eigenvalue weighted by Crippen LogP contribution is -2.46. The number of hydrogen-bond donors (Lipinski definition) is 1. The van der Waals surface area contributed by atoms with Gasteiger partial charge in [-0.05, 0) is 43.3 Å². The number of benzene rings is 2. The first-order valence-electron chi connectivity index (χ1n) is 11.9. The van der Waals surface area contributed by atoms with E-state index < -0.39 is 17.2 Å². The number of carboxylic acids is 1. The summed E-state index contributed by atoms with van der Waals surface area (Å²) in [5.41, 5.74) is 0.643. The number of rotatable bonds is 7. The number of aromatic carboxylic acids is 1. The Labute approximate surface area is 211 Å². The Morgan fingerprint density at radius 1 is 1.14 bits per heavy atom. The van der Waals surface area contributed by atoms with Crippen LogP contribution in [0.25, 0.3) is 22.4 Å². The zero-order valence-electron chi connectivity index (χ0n) is 20.5. The van der Waals surface area contributed by atoms with E-state index in [1.165, 1.54) is 6.20 Å². The van der Waals surface area contributed by atoms with Crippen LogP contribution in [0.15, 0.2) is 51.8 Å². The topological polar surface area (TPSA) is 114 Å². The summed E-state index contributed by atoms with van der Waals surface area (Å²) >= 11 is 0. The zero-order chi connectivity index (χ0) is 26.1. The van der Waals surface area contributed by atoms with E-state index in [1.54, 1.807) is 17.7 Å². The molecule has 1 N–H and O–H groups in total. The highest BCUT2D eigenvalue weighted by Gasteiger charge is 2.23. The number of carboxylic acid groups (broad SMARTS) is 1. The van der Waals surface area contributed by atoms with Crippen LogP contribution >= 0.6 is 0 Å². The fourth-order valence-corrected chi connectivity index (χ4v) is 4.56. The summed E-state index contributed by atoms with van der Waals surface area (Å²) in [7, 11) is 1.61. The zero-order valence-corrected chi connectivity index (χ0v) is 20.5. The Kier molecular flexibility index (Phi) is 6.62. The first kappa shape index (κ1) is 24.4. The van der Waals surface area contributed by atoms with Crippen molar-refractivity contribution in [1.82, 2.24) is 19.7 Å². The molecular weight excluding hydrogens is 481 g/mol. The van der Waals surface area contributed by atoms with Gasteiger partial charge in [0.15, 0.2) is 0 Å². The van der Waals surface area contributed by atoms with Crippen LogP contribution in [0.3, 0.4) is 0 Å². The van der Waals surface area contributed by atoms with Crippen molar-refractivity contribution in [2.45, 2.75) is 20.0 Å². The molecule has 5 rings (SSSR count). The number of methoxy groups -OCH3 is 1. The van der Waals surface area contributed by atoms with Gasteiger partial charge < -0.3 is 23.7 Å². The molecule has 1 saturated heterocycles. The van der Waals surface area contributed by atoms with Crippen molar-refractivity contribution in [3.05, 3.63) is 70.1 Å². The Balaban J connectivity index is 1.29. The SMILES string of the molecule is CCn1cc(C(=O)O)c(=O)c2cc(F)c(N3CCN(Cc4nnc(-c5ccc(OC)cc5)o4)CC3)cc21. The van der Waals surface area contributed by atoms with Crippen molar-refractivity contribution >= 4 is 22.6 Å². The van der Waals surface area contributed by atoms with E-state index >= 15 is 4.39 Å². The maximum absolute atomic E-state index is 15.1. The maximum Gasteiger partial charge on any atom is 0.341 e. The number of hydrogen-bond acceptors (Lipinski definition) is 8. The third kappa shape index (κ3) is 4.77. The van der Waals surface area contributed by atoms with Crippen LogP contribution in [0.4, 0.5) is 10.1 Å². The summed E-state index contributed by atoms with van der Waals surface area (Å²) in [6.45, 7) is 5.18. The van der Waals surface area contributed by atoms with Crippen LogP contribution in [0.1, 0.15) is 23.2 Å². The van der Waals surface area contributed by atoms with E-state index in [4.69, 9.17) is 9.15 Å². The fraction of sp³-hybridized carbons (Fsp3) is 0.308. The van der Waals surface area contributed by atoms with Crippen LogP contribution in [0.2, 0.25) is 0 Å². The molecule has 0 saturated carbocycles. The molecule has 10 nitrogen and oxygen atoms in total. The van der Waals surface area contributed by atoms with Crippen molar-refractivity contribution in [3.8, 4) is 17.2 Å². The number of nitrogens with zero attached hydrogens (tertiary/aromatic N) is 5. The number of aryl methyl sites for hydroxylation is 1. The molecule has 11 heteroatoms. The minimum absolute atomic E-state index is 0.0608. The van der Waals surface area contributed by atoms with Crippen molar-refractivity contribution < 1.29 is 23.4 Å². The summed E-state index contributed by atoms with van der Waals surface area (Å²) in [5, 5.41) is 17.7. The number of halogens is 1. The Morgan fingerprint density at radius 3 is 2.51 bits per heavy atom. The molecule has 0 bridgehead atoms. The van der Waals surface area contributed by atoms with E-state index in [1.807, 2.05) is 36.1 Å². The van der Waals surface area contributed by atoms with Crippen LogP contribution in [-0.2, 0) is 13.1 Å². The largest absolute Gasteiger partial charge is 0.497 e. The third-order valence-electron chi connectivity index (χ3n) is 6.60. The molecule has 1 aliphatic heterocycles. The van der Waals surface area contributed by atoms with Crippen LogP contribution < -0.4 is 15.1 Å². The normalized spacial score (nSPS) is 14.3. The van der Waals surface area contributed by atoms with Gasteiger partial charge in [-0.1, -0.05) is 0 Å². The summed E-state index contributed by atoms with van der Waals surface area (Å²) in [6, 6.07) is 10.2. The molecule has 0 aliphatic carbocycles. The number of carbonyl (C=O) groups is 1. The predicted octanol–water partition coefficient (Wildman–Crippen LogP) is 3.24. The van der Waals surface area contributed by atoms with Gasteiger partial charge in [-0.15, -0.1) is 10.2 Å². The summed E-state index contributed by atoms with van der Waals surface area (Å²) in [4.78, 5) is 28.1. The van der Waals surface area contributed by atoms with Crippen LogP contribution in [-0.4, -0.2) is 64.0 Å². The number of anilines is 1. The van der Waals surface area contributed by atoms with Gasteiger partial charge in [0.25, 0.3) is 0 Å². The van der Waals surface area contributed by atoms with Crippen molar-refractivity contribution in [3.63, 3.8) is 0 Å². The molecule has 1 aliphatic rings. The van der Waals surface area contributed by atoms with Gasteiger partial charge >= 0.3 is 5.97 Å². The number of aromatic nitrogens is 3. The molecular formula is C26H26FN5O5. The smallest absolute Gasteiger partial charge is 0.341 e. The van der Waals surface area contributed by atoms with Crippen molar-refractivity contribution in [1.29, 1.82) is 0 Å². The molecule has 0 radical (unpaired) electrons. The fourth-order valence-electron chi connectivity index (χ4n) is 4.56. The van der Waals surface area contributed by atoms with Gasteiger partial charge in [0.2, 0.25) is 17.2 Å². The molecule has 192 valence electrons. The van der Waals surface area contributed by atoms with Crippen LogP contribution in [0, 0.1) is 5.82 Å². The summed E-state index contributed by atoms with van der Waals surface area (Å²) < 4.78 is 27.8. The molecule has 4 aromatic rings. The van der Waals surface area contributed by atoms with E-state index in [0.29, 0.717) is 62.3 Å². The highest BCUT2D eigenvalue weighted by molar-refractivity contribution is 5.93. The van der Waals surface area contributed by atoms with Gasteiger partial charge in [0, 0.05) is 49.9 Å². The third-order valence-corrected chi connectivity index (χ3v) is 6.60. The van der Waals surface area contributed by atoms with Gasteiger partial charge in [0.1, 0.15) is 17.1 Å². The first-order chi connectivity index (χ1) is 17.9. The van der Waals surface area contributed by atoms with Gasteiger partial charge in [-0.3, -0.25) is 9.69 Å². The standard InChI is InChI=1S/C26H26FN5O5/c1-3-31-14-19(26(34)35)24(33)18-12-20(27)22(13-21(18)31)32-10-8-30(9-11-32)15-23-28-29-25(37-23)16-4-6-17(36-2)7-5-16/h4-7,12-14H,3,8-11,15H2,1-2H3,(H,34,35). The van der Waals surface area contributed by atoms with E-state index in [9.17, 15) is 14.7 Å². The minimum Gasteiger partial charge on any atom is -0.497 e. The first-order valence-corrected chi connectivity index (χ1v) is 11.9. The lowest BCUT2D eigenvalue weighted by molar-refractivity contribution is 0.0695.